The van der Waals surface area contributed by atoms with Crippen molar-refractivity contribution in [3.8, 4) is 0 Å². The van der Waals surface area contributed by atoms with Gasteiger partial charge in [-0.1, -0.05) is 36.4 Å². The predicted molar refractivity (Wildman–Crippen MR) is 78.4 cm³/mol. The molecule has 0 fully saturated rings. The van der Waals surface area contributed by atoms with E-state index in [-0.39, 0.29) is 22.6 Å². The Morgan fingerprint density at radius 3 is 1.42 bits per heavy atom. The van der Waals surface area contributed by atoms with Gasteiger partial charge in [0.1, 0.15) is 0 Å². The highest BCUT2D eigenvalue weighted by Gasteiger charge is 2.31. The fraction of sp³-hybridized carbons (Fsp3) is 0.250. The number of halogens is 6. The Morgan fingerprint density at radius 2 is 1.08 bits per heavy atom. The van der Waals surface area contributed by atoms with Gasteiger partial charge in [0.25, 0.3) is 0 Å². The molecule has 0 N–H and O–H groups in total. The van der Waals surface area contributed by atoms with Gasteiger partial charge in [0.15, 0.2) is 0 Å². The summed E-state index contributed by atoms with van der Waals surface area (Å²) >= 11 is 0. The Hall–Kier alpha value is -1.83. The first-order valence-electron chi connectivity index (χ1n) is 6.73. The van der Waals surface area contributed by atoms with Gasteiger partial charge in [-0.15, -0.1) is 0 Å². The summed E-state index contributed by atoms with van der Waals surface area (Å²) in [6.45, 7) is 0. The standard InChI is InChI=1S/C16H12F6OS/c17-15(18,19)13-5-1-3-11(7-13)9-24(23)10-12-4-2-6-14(8-12)16(20,21)22/h1-8H,9-10H2. The summed E-state index contributed by atoms with van der Waals surface area (Å²) in [5.74, 6) is -0.333. The minimum atomic E-state index is -4.50. The molecule has 8 heteroatoms. The average Bonchev–Trinajstić information content (AvgIpc) is 2.46. The zero-order valence-electron chi connectivity index (χ0n) is 12.1. The maximum absolute atomic E-state index is 12.6. The average molecular weight is 366 g/mol. The molecule has 2 aromatic rings. The third-order valence-electron chi connectivity index (χ3n) is 3.16. The van der Waals surface area contributed by atoms with Crippen LogP contribution in [0.3, 0.4) is 0 Å². The molecule has 0 saturated carbocycles. The van der Waals surface area contributed by atoms with E-state index in [0.29, 0.717) is 0 Å². The van der Waals surface area contributed by atoms with Gasteiger partial charge < -0.3 is 0 Å². The zero-order chi connectivity index (χ0) is 18.0. The molecule has 0 radical (unpaired) electrons. The highest BCUT2D eigenvalue weighted by atomic mass is 32.2. The minimum absolute atomic E-state index is 0.167. The summed E-state index contributed by atoms with van der Waals surface area (Å²) in [6.07, 6.45) is -9.00. The number of hydrogen-bond acceptors (Lipinski definition) is 1. The first-order chi connectivity index (χ1) is 11.1. The number of alkyl halides is 6. The summed E-state index contributed by atoms with van der Waals surface area (Å²) < 4.78 is 87.8. The Bertz CT molecular complexity index is 674. The van der Waals surface area contributed by atoms with E-state index >= 15 is 0 Å². The molecule has 0 bridgehead atoms. The molecule has 0 aliphatic carbocycles. The van der Waals surface area contributed by atoms with Crippen LogP contribution in [0.15, 0.2) is 48.5 Å². The SMILES string of the molecule is O=S(Cc1cccc(C(F)(F)F)c1)Cc1cccc(C(F)(F)F)c1. The Morgan fingerprint density at radius 1 is 0.708 bits per heavy atom. The first kappa shape index (κ1) is 18.5. The van der Waals surface area contributed by atoms with E-state index in [1.54, 1.807) is 0 Å². The third kappa shape index (κ3) is 5.09. The molecule has 1 nitrogen and oxygen atoms in total. The second kappa shape index (κ2) is 6.96. The predicted octanol–water partition coefficient (Wildman–Crippen LogP) is 5.17. The molecule has 2 aromatic carbocycles. The summed E-state index contributed by atoms with van der Waals surface area (Å²) in [4.78, 5) is 0. The van der Waals surface area contributed by atoms with Gasteiger partial charge in [0.2, 0.25) is 0 Å². The highest BCUT2D eigenvalue weighted by Crippen LogP contribution is 2.31. The van der Waals surface area contributed by atoms with Gasteiger partial charge >= 0.3 is 12.4 Å². The molecule has 0 saturated heterocycles. The topological polar surface area (TPSA) is 17.1 Å². The van der Waals surface area contributed by atoms with E-state index in [2.05, 4.69) is 0 Å². The number of benzene rings is 2. The lowest BCUT2D eigenvalue weighted by Crippen LogP contribution is -2.07. The van der Waals surface area contributed by atoms with Crippen molar-refractivity contribution >= 4 is 10.8 Å². The van der Waals surface area contributed by atoms with Crippen LogP contribution in [0.5, 0.6) is 0 Å². The first-order valence-corrected chi connectivity index (χ1v) is 8.22. The minimum Gasteiger partial charge on any atom is -0.259 e. The number of rotatable bonds is 4. The van der Waals surface area contributed by atoms with Crippen molar-refractivity contribution in [1.82, 2.24) is 0 Å². The second-order valence-electron chi connectivity index (χ2n) is 5.12. The van der Waals surface area contributed by atoms with Crippen LogP contribution in [0.2, 0.25) is 0 Å². The molecule has 24 heavy (non-hydrogen) atoms. The molecule has 0 heterocycles. The molecular weight excluding hydrogens is 354 g/mol. The van der Waals surface area contributed by atoms with E-state index in [1.165, 1.54) is 24.3 Å². The van der Waals surface area contributed by atoms with Gasteiger partial charge in [0, 0.05) is 22.3 Å². The van der Waals surface area contributed by atoms with E-state index in [1.807, 2.05) is 0 Å². The lowest BCUT2D eigenvalue weighted by Gasteiger charge is -2.10. The fourth-order valence-corrected chi connectivity index (χ4v) is 3.30. The van der Waals surface area contributed by atoms with Crippen molar-refractivity contribution < 1.29 is 30.6 Å². The van der Waals surface area contributed by atoms with Crippen LogP contribution in [0.25, 0.3) is 0 Å². The molecule has 130 valence electrons. The molecule has 2 rings (SSSR count). The van der Waals surface area contributed by atoms with Gasteiger partial charge in [-0.2, -0.15) is 26.3 Å². The van der Waals surface area contributed by atoms with E-state index in [4.69, 9.17) is 0 Å². The Kier molecular flexibility index (Phi) is 5.37. The van der Waals surface area contributed by atoms with Crippen molar-refractivity contribution in [2.24, 2.45) is 0 Å². The van der Waals surface area contributed by atoms with E-state index < -0.39 is 34.3 Å². The van der Waals surface area contributed by atoms with Crippen molar-refractivity contribution in [2.45, 2.75) is 23.9 Å². The van der Waals surface area contributed by atoms with Crippen LogP contribution >= 0.6 is 0 Å². The normalized spacial score (nSPS) is 12.6. The molecular formula is C16H12F6OS. The van der Waals surface area contributed by atoms with Crippen LogP contribution in [-0.2, 0) is 34.7 Å². The Labute approximate surface area is 136 Å². The van der Waals surface area contributed by atoms with Crippen molar-refractivity contribution in [2.75, 3.05) is 0 Å². The summed E-state index contributed by atoms with van der Waals surface area (Å²) in [5.41, 5.74) is -1.27. The van der Waals surface area contributed by atoms with Crippen LogP contribution in [0, 0.1) is 0 Å². The smallest absolute Gasteiger partial charge is 0.259 e. The fourth-order valence-electron chi connectivity index (χ4n) is 2.10. The van der Waals surface area contributed by atoms with E-state index in [0.717, 1.165) is 24.3 Å². The van der Waals surface area contributed by atoms with Gasteiger partial charge in [-0.05, 0) is 23.3 Å². The monoisotopic (exact) mass is 366 g/mol. The third-order valence-corrected chi connectivity index (χ3v) is 4.47. The van der Waals surface area contributed by atoms with Crippen molar-refractivity contribution in [3.05, 3.63) is 70.8 Å². The summed E-state index contributed by atoms with van der Waals surface area (Å²) in [6, 6.07) is 8.81. The van der Waals surface area contributed by atoms with Crippen LogP contribution in [0.4, 0.5) is 26.3 Å². The zero-order valence-corrected chi connectivity index (χ0v) is 12.9. The molecule has 0 spiro atoms. The summed E-state index contributed by atoms with van der Waals surface area (Å²) in [7, 11) is -1.63. The lowest BCUT2D eigenvalue weighted by atomic mass is 10.1. The number of hydrogen-bond donors (Lipinski definition) is 0. The van der Waals surface area contributed by atoms with Crippen LogP contribution < -0.4 is 0 Å². The second-order valence-corrected chi connectivity index (χ2v) is 6.58. The quantitative estimate of drug-likeness (QED) is 0.682. The molecule has 0 unspecified atom stereocenters. The molecule has 0 atom stereocenters. The van der Waals surface area contributed by atoms with Crippen molar-refractivity contribution in [1.29, 1.82) is 0 Å². The highest BCUT2D eigenvalue weighted by molar-refractivity contribution is 7.83. The van der Waals surface area contributed by atoms with Gasteiger partial charge in [-0.25, -0.2) is 0 Å². The Balaban J connectivity index is 2.09. The van der Waals surface area contributed by atoms with Crippen LogP contribution in [0.1, 0.15) is 22.3 Å². The van der Waals surface area contributed by atoms with Crippen LogP contribution in [-0.4, -0.2) is 4.21 Å². The maximum Gasteiger partial charge on any atom is 0.416 e. The van der Waals surface area contributed by atoms with E-state index in [9.17, 15) is 30.6 Å². The van der Waals surface area contributed by atoms with Crippen molar-refractivity contribution in [3.63, 3.8) is 0 Å². The maximum atomic E-state index is 12.6. The molecule has 0 amide bonds. The van der Waals surface area contributed by atoms with Gasteiger partial charge in [-0.3, -0.25) is 4.21 Å². The lowest BCUT2D eigenvalue weighted by molar-refractivity contribution is -0.138. The van der Waals surface area contributed by atoms with Gasteiger partial charge in [0.05, 0.1) is 11.1 Å². The molecule has 0 aliphatic heterocycles. The molecule has 0 aromatic heterocycles. The molecule has 0 aliphatic rings. The summed E-state index contributed by atoms with van der Waals surface area (Å²) in [5, 5.41) is 0. The largest absolute Gasteiger partial charge is 0.416 e.